The van der Waals surface area contributed by atoms with Crippen LogP contribution in [0, 0.1) is 0 Å². The zero-order chi connectivity index (χ0) is 13.9. The Balaban J connectivity index is 1.95. The molecule has 1 aromatic heterocycles. The fourth-order valence-corrected chi connectivity index (χ4v) is 2.74. The average molecular weight is 270 g/mol. The lowest BCUT2D eigenvalue weighted by Crippen LogP contribution is -2.34. The molecular weight excluding hydrogens is 252 g/mol. The van der Waals surface area contributed by atoms with E-state index in [1.54, 1.807) is 6.07 Å². The highest BCUT2D eigenvalue weighted by molar-refractivity contribution is 5.42. The molecule has 0 bridgehead atoms. The molecule has 0 spiro atoms. The number of rotatable bonds is 2. The van der Waals surface area contributed by atoms with Crippen LogP contribution in [0.1, 0.15) is 24.4 Å². The predicted molar refractivity (Wildman–Crippen MR) is 77.9 cm³/mol. The lowest BCUT2D eigenvalue weighted by atomic mass is 10.0. The van der Waals surface area contributed by atoms with Crippen LogP contribution >= 0.6 is 0 Å². The number of hydrogen-bond acceptors (Lipinski definition) is 5. The van der Waals surface area contributed by atoms with Crippen LogP contribution in [0.25, 0.3) is 0 Å². The maximum absolute atomic E-state index is 5.79. The lowest BCUT2D eigenvalue weighted by molar-refractivity contribution is 0.672. The minimum atomic E-state index is 0.351. The summed E-state index contributed by atoms with van der Waals surface area (Å²) in [6.07, 6.45) is 2.27. The van der Waals surface area contributed by atoms with Crippen LogP contribution in [0.4, 0.5) is 5.82 Å². The van der Waals surface area contributed by atoms with Crippen molar-refractivity contribution in [2.75, 3.05) is 17.3 Å². The van der Waals surface area contributed by atoms with Gasteiger partial charge in [0.25, 0.3) is 0 Å². The molecule has 3 rings (SSSR count). The Hall–Kier alpha value is -2.50. The zero-order valence-corrected chi connectivity index (χ0v) is 11.2. The highest BCUT2D eigenvalue weighted by Gasteiger charge is 2.27. The molecule has 0 saturated carbocycles. The summed E-state index contributed by atoms with van der Waals surface area (Å²) in [6.45, 7) is 0.978. The maximum atomic E-state index is 5.79. The van der Waals surface area contributed by atoms with Crippen molar-refractivity contribution in [2.45, 2.75) is 18.9 Å². The summed E-state index contributed by atoms with van der Waals surface area (Å²) in [7, 11) is 0. The van der Waals surface area contributed by atoms with E-state index in [0.717, 1.165) is 25.2 Å². The van der Waals surface area contributed by atoms with Crippen LogP contribution < -0.4 is 22.1 Å². The molecule has 2 heterocycles. The van der Waals surface area contributed by atoms with Gasteiger partial charge in [-0.1, -0.05) is 30.3 Å². The van der Waals surface area contributed by atoms with Gasteiger partial charge in [-0.15, -0.1) is 5.10 Å². The largest absolute Gasteiger partial charge is 0.348 e. The molecule has 1 atom stereocenters. The number of benzene rings is 1. The summed E-state index contributed by atoms with van der Waals surface area (Å²) in [5, 5.41) is 7.92. The first-order valence-corrected chi connectivity index (χ1v) is 6.70. The predicted octanol–water partition coefficient (Wildman–Crippen LogP) is 0.713. The minimum absolute atomic E-state index is 0.351. The molecule has 6 heteroatoms. The lowest BCUT2D eigenvalue weighted by Gasteiger charge is -2.26. The third kappa shape index (κ3) is 2.20. The monoisotopic (exact) mass is 270 g/mol. The third-order valence-corrected chi connectivity index (χ3v) is 3.69. The zero-order valence-electron chi connectivity index (χ0n) is 11.2. The van der Waals surface area contributed by atoms with Gasteiger partial charge in [0.1, 0.15) is 0 Å². The van der Waals surface area contributed by atoms with Gasteiger partial charge in [0.2, 0.25) is 0 Å². The number of aromatic nitrogens is 2. The molecule has 1 aliphatic rings. The quantitative estimate of drug-likeness (QED) is 0.622. The fourth-order valence-electron chi connectivity index (χ4n) is 2.74. The molecule has 0 amide bonds. The summed E-state index contributed by atoms with van der Waals surface area (Å²) in [6, 6.07) is 14.5. The molecule has 104 valence electrons. The van der Waals surface area contributed by atoms with Crippen molar-refractivity contribution < 1.29 is 0 Å². The van der Waals surface area contributed by atoms with E-state index < -0.39 is 0 Å². The second kappa shape index (κ2) is 5.24. The van der Waals surface area contributed by atoms with E-state index in [0.29, 0.717) is 11.5 Å². The van der Waals surface area contributed by atoms with Crippen LogP contribution in [0.3, 0.4) is 0 Å². The molecule has 1 aliphatic heterocycles. The normalized spacial score (nSPS) is 19.5. The smallest absolute Gasteiger partial charge is 0.190 e. The molecule has 4 N–H and O–H groups in total. The molecule has 0 aliphatic carbocycles. The SMILES string of the molecule is N/N=c1/ccc(N2CCCC2c2ccccc2)nn1N. The maximum Gasteiger partial charge on any atom is 0.190 e. The van der Waals surface area contributed by atoms with E-state index >= 15 is 0 Å². The van der Waals surface area contributed by atoms with E-state index in [9.17, 15) is 0 Å². The number of hydrogen-bond donors (Lipinski definition) is 2. The minimum Gasteiger partial charge on any atom is -0.348 e. The Morgan fingerprint density at radius 2 is 1.95 bits per heavy atom. The molecule has 2 aromatic rings. The second-order valence-electron chi connectivity index (χ2n) is 4.89. The fraction of sp³-hybridized carbons (Fsp3) is 0.286. The van der Waals surface area contributed by atoms with Crippen LogP contribution in [0.5, 0.6) is 0 Å². The van der Waals surface area contributed by atoms with E-state index in [1.165, 1.54) is 10.4 Å². The van der Waals surface area contributed by atoms with Gasteiger partial charge < -0.3 is 16.6 Å². The van der Waals surface area contributed by atoms with Crippen molar-refractivity contribution in [2.24, 2.45) is 10.9 Å². The van der Waals surface area contributed by atoms with Crippen molar-refractivity contribution in [1.82, 2.24) is 9.89 Å². The Morgan fingerprint density at radius 1 is 1.15 bits per heavy atom. The van der Waals surface area contributed by atoms with E-state index in [4.69, 9.17) is 11.7 Å². The number of nitrogens with zero attached hydrogens (tertiary/aromatic N) is 4. The molecule has 1 fully saturated rings. The first-order valence-electron chi connectivity index (χ1n) is 6.70. The van der Waals surface area contributed by atoms with Gasteiger partial charge in [0.15, 0.2) is 11.3 Å². The number of nitrogen functional groups attached to an aromatic ring is 1. The van der Waals surface area contributed by atoms with Crippen molar-refractivity contribution in [3.05, 3.63) is 53.5 Å². The van der Waals surface area contributed by atoms with E-state index in [2.05, 4.69) is 39.4 Å². The number of anilines is 1. The van der Waals surface area contributed by atoms with Gasteiger partial charge in [-0.05, 0) is 30.5 Å². The van der Waals surface area contributed by atoms with Crippen molar-refractivity contribution in [1.29, 1.82) is 0 Å². The first kappa shape index (κ1) is 12.5. The molecule has 1 saturated heterocycles. The van der Waals surface area contributed by atoms with E-state index in [1.807, 2.05) is 12.1 Å². The Bertz CT molecular complexity index is 648. The highest BCUT2D eigenvalue weighted by atomic mass is 15.5. The Morgan fingerprint density at radius 3 is 2.65 bits per heavy atom. The van der Waals surface area contributed by atoms with Gasteiger partial charge in [-0.3, -0.25) is 0 Å². The summed E-state index contributed by atoms with van der Waals surface area (Å²) < 4.78 is 0. The van der Waals surface area contributed by atoms with Crippen molar-refractivity contribution in [3.8, 4) is 0 Å². The van der Waals surface area contributed by atoms with Gasteiger partial charge >= 0.3 is 0 Å². The van der Waals surface area contributed by atoms with Gasteiger partial charge in [-0.25, -0.2) is 0 Å². The Kier molecular flexibility index (Phi) is 3.28. The highest BCUT2D eigenvalue weighted by Crippen LogP contribution is 2.34. The molecule has 0 radical (unpaired) electrons. The Labute approximate surface area is 117 Å². The second-order valence-corrected chi connectivity index (χ2v) is 4.89. The third-order valence-electron chi connectivity index (χ3n) is 3.69. The topological polar surface area (TPSA) is 85.5 Å². The first-order chi connectivity index (χ1) is 9.79. The molecule has 1 aromatic carbocycles. The van der Waals surface area contributed by atoms with Gasteiger partial charge in [0, 0.05) is 6.54 Å². The molecule has 1 unspecified atom stereocenters. The van der Waals surface area contributed by atoms with Gasteiger partial charge in [-0.2, -0.15) is 9.89 Å². The van der Waals surface area contributed by atoms with Crippen LogP contribution in [0.15, 0.2) is 47.6 Å². The summed E-state index contributed by atoms with van der Waals surface area (Å²) in [4.78, 5) is 3.49. The summed E-state index contributed by atoms with van der Waals surface area (Å²) in [5.41, 5.74) is 1.76. The summed E-state index contributed by atoms with van der Waals surface area (Å²) >= 11 is 0. The van der Waals surface area contributed by atoms with Crippen LogP contribution in [-0.4, -0.2) is 16.4 Å². The summed E-state index contributed by atoms with van der Waals surface area (Å²) in [5.74, 6) is 11.9. The molecular formula is C14H18N6. The standard InChI is InChI=1S/C14H18N6/c15-17-13-8-9-14(18-20(13)16)19-10-4-7-12(19)11-5-2-1-3-6-11/h1-3,5-6,8-9,12H,4,7,10,15-16H2/b17-13-. The van der Waals surface area contributed by atoms with Crippen LogP contribution in [0.2, 0.25) is 0 Å². The van der Waals surface area contributed by atoms with Gasteiger partial charge in [0.05, 0.1) is 6.04 Å². The van der Waals surface area contributed by atoms with E-state index in [-0.39, 0.29) is 0 Å². The number of nitrogens with two attached hydrogens (primary N) is 2. The molecule has 20 heavy (non-hydrogen) atoms. The molecule has 6 nitrogen and oxygen atoms in total. The van der Waals surface area contributed by atoms with Crippen molar-refractivity contribution in [3.63, 3.8) is 0 Å². The van der Waals surface area contributed by atoms with Crippen LogP contribution in [-0.2, 0) is 0 Å². The van der Waals surface area contributed by atoms with Crippen molar-refractivity contribution >= 4 is 5.82 Å². The average Bonchev–Trinajstić information content (AvgIpc) is 2.97.